The van der Waals surface area contributed by atoms with Gasteiger partial charge >= 0.3 is 0 Å². The SMILES string of the molecule is O=C1Cc2ccccc2CNC(=O)[C@@H]2C[C@H](NC3CCOCC3)CN2C2CCN(CC2)C(=O)[C@@H]2C[C@H](CN2C(=O)COc2ccccc2)N1. The molecule has 4 amide bonds. The van der Waals surface area contributed by atoms with E-state index in [1.807, 2.05) is 47.4 Å². The Hall–Kier alpha value is -4.00. The molecule has 262 valence electrons. The summed E-state index contributed by atoms with van der Waals surface area (Å²) in [6.45, 7) is 3.78. The molecule has 4 saturated heterocycles. The van der Waals surface area contributed by atoms with Gasteiger partial charge in [-0.2, -0.15) is 0 Å². The van der Waals surface area contributed by atoms with Crippen molar-refractivity contribution in [2.45, 2.75) is 87.7 Å². The van der Waals surface area contributed by atoms with Crippen LogP contribution in [0.5, 0.6) is 5.75 Å². The first kappa shape index (κ1) is 33.5. The molecule has 6 aliphatic rings. The van der Waals surface area contributed by atoms with Gasteiger partial charge in [-0.1, -0.05) is 42.5 Å². The van der Waals surface area contributed by atoms with Crippen molar-refractivity contribution in [2.75, 3.05) is 46.0 Å². The highest BCUT2D eigenvalue weighted by Crippen LogP contribution is 2.30. The minimum Gasteiger partial charge on any atom is -0.484 e. The average Bonchev–Trinajstić information content (AvgIpc) is 3.75. The Morgan fingerprint density at radius 1 is 0.857 bits per heavy atom. The first-order valence-corrected chi connectivity index (χ1v) is 17.9. The van der Waals surface area contributed by atoms with Crippen molar-refractivity contribution >= 4 is 23.6 Å². The number of amides is 4. The standard InChI is InChI=1S/C37H48N6O6/c44-34-18-25-6-4-5-7-26(25)21-38-36(46)32-19-28(39-27-12-16-48-17-13-27)22-42(32)30-10-14-41(15-11-30)37(47)33-20-29(40-34)23-43(33)35(45)24-49-31-8-2-1-3-9-31/h1-9,27-30,32-33,39H,10-24H2,(H,38,46)(H,40,44)/t28-,29+,32-,33-/m0/s1. The van der Waals surface area contributed by atoms with Crippen molar-refractivity contribution in [1.29, 1.82) is 0 Å². The average molecular weight is 673 g/mol. The molecule has 8 rings (SSSR count). The third-order valence-electron chi connectivity index (χ3n) is 10.9. The summed E-state index contributed by atoms with van der Waals surface area (Å²) in [5.74, 6) is 0.0252. The van der Waals surface area contributed by atoms with Crippen molar-refractivity contribution in [3.63, 3.8) is 0 Å². The molecule has 4 fully saturated rings. The number of carbonyl (C=O) groups excluding carboxylic acids is 4. The summed E-state index contributed by atoms with van der Waals surface area (Å²) in [6.07, 6.45) is 4.65. The van der Waals surface area contributed by atoms with Crippen LogP contribution >= 0.6 is 0 Å². The fraction of sp³-hybridized carbons (Fsp3) is 0.568. The maximum atomic E-state index is 14.1. The Morgan fingerprint density at radius 3 is 2.37 bits per heavy atom. The summed E-state index contributed by atoms with van der Waals surface area (Å²) in [7, 11) is 0. The highest BCUT2D eigenvalue weighted by Gasteiger charge is 2.45. The molecule has 12 nitrogen and oxygen atoms in total. The third-order valence-corrected chi connectivity index (χ3v) is 10.9. The lowest BCUT2D eigenvalue weighted by molar-refractivity contribution is -0.146. The molecule has 4 bridgehead atoms. The van der Waals surface area contributed by atoms with E-state index in [-0.39, 0.29) is 67.4 Å². The Morgan fingerprint density at radius 2 is 1.59 bits per heavy atom. The molecule has 0 unspecified atom stereocenters. The molecule has 0 aromatic heterocycles. The first-order valence-electron chi connectivity index (χ1n) is 17.9. The number of para-hydroxylation sites is 1. The summed E-state index contributed by atoms with van der Waals surface area (Å²) < 4.78 is 11.3. The number of nitrogens with one attached hydrogen (secondary N) is 3. The van der Waals surface area contributed by atoms with Crippen molar-refractivity contribution in [3.05, 3.63) is 65.7 Å². The molecule has 0 saturated carbocycles. The lowest BCUT2D eigenvalue weighted by atomic mass is 10.00. The number of hydrogen-bond acceptors (Lipinski definition) is 8. The van der Waals surface area contributed by atoms with Crippen molar-refractivity contribution in [2.24, 2.45) is 0 Å². The second-order valence-electron chi connectivity index (χ2n) is 14.1. The highest BCUT2D eigenvalue weighted by molar-refractivity contribution is 5.89. The normalized spacial score (nSPS) is 28.7. The van der Waals surface area contributed by atoms with Gasteiger partial charge in [-0.3, -0.25) is 24.1 Å². The number of carbonyl (C=O) groups is 4. The van der Waals surface area contributed by atoms with Gasteiger partial charge in [0.25, 0.3) is 5.91 Å². The molecule has 49 heavy (non-hydrogen) atoms. The fourth-order valence-electron chi connectivity index (χ4n) is 8.32. The van der Waals surface area contributed by atoms with E-state index in [2.05, 4.69) is 20.9 Å². The first-order chi connectivity index (χ1) is 23.9. The Labute approximate surface area is 287 Å². The molecule has 0 radical (unpaired) electrons. The van der Waals surface area contributed by atoms with Crippen LogP contribution < -0.4 is 20.7 Å². The van der Waals surface area contributed by atoms with E-state index in [4.69, 9.17) is 9.47 Å². The molecule has 0 spiro atoms. The van der Waals surface area contributed by atoms with Crippen molar-refractivity contribution in [1.82, 2.24) is 30.7 Å². The zero-order valence-electron chi connectivity index (χ0n) is 28.1. The summed E-state index contributed by atoms with van der Waals surface area (Å²) in [5, 5.41) is 10.1. The minimum absolute atomic E-state index is 0.0000692. The molecule has 6 aliphatic heterocycles. The number of ether oxygens (including phenoxy) is 2. The molecule has 2 aromatic carbocycles. The van der Waals surface area contributed by atoms with Crippen LogP contribution in [0.3, 0.4) is 0 Å². The Kier molecular flexibility index (Phi) is 10.4. The van der Waals surface area contributed by atoms with Crippen LogP contribution in [-0.2, 0) is 36.9 Å². The van der Waals surface area contributed by atoms with Crippen LogP contribution in [-0.4, -0.2) is 121 Å². The van der Waals surface area contributed by atoms with E-state index in [0.29, 0.717) is 37.8 Å². The van der Waals surface area contributed by atoms with Crippen LogP contribution in [0.2, 0.25) is 0 Å². The topological polar surface area (TPSA) is 133 Å². The van der Waals surface area contributed by atoms with E-state index < -0.39 is 6.04 Å². The van der Waals surface area contributed by atoms with Crippen molar-refractivity contribution < 1.29 is 28.7 Å². The molecule has 6 heterocycles. The van der Waals surface area contributed by atoms with Gasteiger partial charge in [0.15, 0.2) is 6.61 Å². The quantitative estimate of drug-likeness (QED) is 0.433. The van der Waals surface area contributed by atoms with Gasteiger partial charge in [-0.15, -0.1) is 0 Å². The molecule has 3 N–H and O–H groups in total. The van der Waals surface area contributed by atoms with Crippen LogP contribution in [0.15, 0.2) is 54.6 Å². The Bertz CT molecular complexity index is 1490. The number of hydrogen-bond donors (Lipinski definition) is 3. The fourth-order valence-corrected chi connectivity index (χ4v) is 8.32. The largest absolute Gasteiger partial charge is 0.484 e. The zero-order valence-corrected chi connectivity index (χ0v) is 28.1. The molecule has 4 atom stereocenters. The second-order valence-corrected chi connectivity index (χ2v) is 14.1. The molecular formula is C37H48N6O6. The van der Waals surface area contributed by atoms with Gasteiger partial charge < -0.3 is 35.2 Å². The van der Waals surface area contributed by atoms with E-state index >= 15 is 0 Å². The number of likely N-dealkylation sites (tertiary alicyclic amines) is 1. The van der Waals surface area contributed by atoms with E-state index in [0.717, 1.165) is 63.0 Å². The maximum Gasteiger partial charge on any atom is 0.261 e. The predicted molar refractivity (Wildman–Crippen MR) is 181 cm³/mol. The maximum absolute atomic E-state index is 14.1. The van der Waals surface area contributed by atoms with Crippen LogP contribution in [0.25, 0.3) is 0 Å². The van der Waals surface area contributed by atoms with Gasteiger partial charge in [-0.25, -0.2) is 0 Å². The molecular weight excluding hydrogens is 624 g/mol. The number of nitrogens with zero attached hydrogens (tertiary/aromatic N) is 3. The molecule has 2 aromatic rings. The van der Waals surface area contributed by atoms with Gasteiger partial charge in [-0.05, 0) is 61.8 Å². The summed E-state index contributed by atoms with van der Waals surface area (Å²) in [4.78, 5) is 60.8. The monoisotopic (exact) mass is 672 g/mol. The molecule has 0 aliphatic carbocycles. The van der Waals surface area contributed by atoms with E-state index in [9.17, 15) is 19.2 Å². The van der Waals surface area contributed by atoms with Gasteiger partial charge in [0, 0.05) is 70.1 Å². The number of fused-ring (bicyclic) bond motifs is 6. The number of piperidine rings is 1. The third kappa shape index (κ3) is 7.92. The smallest absolute Gasteiger partial charge is 0.261 e. The second kappa shape index (κ2) is 15.3. The lowest BCUT2D eigenvalue weighted by Crippen LogP contribution is -2.55. The summed E-state index contributed by atoms with van der Waals surface area (Å²) in [6, 6.07) is 16.2. The van der Waals surface area contributed by atoms with Crippen LogP contribution in [0, 0.1) is 0 Å². The molecule has 12 heteroatoms. The van der Waals surface area contributed by atoms with E-state index in [1.165, 1.54) is 0 Å². The van der Waals surface area contributed by atoms with Crippen LogP contribution in [0.4, 0.5) is 0 Å². The predicted octanol–water partition coefficient (Wildman–Crippen LogP) is 1.23. The number of benzene rings is 2. The summed E-state index contributed by atoms with van der Waals surface area (Å²) in [5.41, 5.74) is 1.74. The number of rotatable bonds is 5. The minimum atomic E-state index is -0.682. The lowest BCUT2D eigenvalue weighted by Gasteiger charge is -2.40. The van der Waals surface area contributed by atoms with Gasteiger partial charge in [0.2, 0.25) is 17.7 Å². The summed E-state index contributed by atoms with van der Waals surface area (Å²) >= 11 is 0. The highest BCUT2D eigenvalue weighted by atomic mass is 16.5. The zero-order chi connectivity index (χ0) is 33.7. The van der Waals surface area contributed by atoms with E-state index in [1.54, 1.807) is 17.0 Å². The Balaban J connectivity index is 1.11. The van der Waals surface area contributed by atoms with Crippen molar-refractivity contribution in [3.8, 4) is 5.75 Å². The van der Waals surface area contributed by atoms with Gasteiger partial charge in [0.1, 0.15) is 11.8 Å². The van der Waals surface area contributed by atoms with Crippen LogP contribution in [0.1, 0.15) is 49.7 Å². The van der Waals surface area contributed by atoms with Gasteiger partial charge in [0.05, 0.1) is 12.5 Å².